The van der Waals surface area contributed by atoms with Crippen LogP contribution >= 0.6 is 0 Å². The lowest BCUT2D eigenvalue weighted by Gasteiger charge is -2.10. The predicted octanol–water partition coefficient (Wildman–Crippen LogP) is 0.537. The van der Waals surface area contributed by atoms with Crippen molar-refractivity contribution in [3.05, 3.63) is 30.1 Å². The van der Waals surface area contributed by atoms with Crippen molar-refractivity contribution in [3.8, 4) is 5.75 Å². The molecule has 0 heterocycles. The molecule has 1 aromatic rings. The zero-order chi connectivity index (χ0) is 10.6. The van der Waals surface area contributed by atoms with Crippen LogP contribution in [-0.2, 0) is 4.79 Å². The molecule has 1 aromatic carbocycles. The van der Waals surface area contributed by atoms with E-state index in [0.29, 0.717) is 5.75 Å². The summed E-state index contributed by atoms with van der Waals surface area (Å²) in [5.74, 6) is 4.90. The van der Waals surface area contributed by atoms with Gasteiger partial charge in [-0.1, -0.05) is 0 Å². The topological polar surface area (TPSA) is 55.6 Å². The number of ether oxygens (including phenoxy) is 1. The SMILES string of the molecule is CN(N)C(=O)COc1ccc(F)cc1. The largest absolute Gasteiger partial charge is 0.484 e. The normalized spacial score (nSPS) is 9.64. The number of likely N-dealkylation sites (N-methyl/N-ethyl adjacent to an activating group) is 1. The number of carbonyl (C=O) groups is 1. The lowest BCUT2D eigenvalue weighted by Crippen LogP contribution is -2.36. The Morgan fingerprint density at radius 1 is 1.50 bits per heavy atom. The van der Waals surface area contributed by atoms with Gasteiger partial charge in [0.25, 0.3) is 5.91 Å². The average Bonchev–Trinajstić information content (AvgIpc) is 2.16. The number of rotatable bonds is 3. The van der Waals surface area contributed by atoms with Crippen molar-refractivity contribution in [1.82, 2.24) is 5.01 Å². The van der Waals surface area contributed by atoms with E-state index in [4.69, 9.17) is 10.6 Å². The number of hydrogen-bond acceptors (Lipinski definition) is 3. The van der Waals surface area contributed by atoms with Gasteiger partial charge in [-0.25, -0.2) is 10.2 Å². The van der Waals surface area contributed by atoms with Gasteiger partial charge >= 0.3 is 0 Å². The van der Waals surface area contributed by atoms with Crippen LogP contribution in [0.1, 0.15) is 0 Å². The highest BCUT2D eigenvalue weighted by Gasteiger charge is 2.04. The molecule has 0 atom stereocenters. The van der Waals surface area contributed by atoms with Crippen molar-refractivity contribution in [2.24, 2.45) is 5.84 Å². The van der Waals surface area contributed by atoms with E-state index in [2.05, 4.69) is 0 Å². The van der Waals surface area contributed by atoms with E-state index in [9.17, 15) is 9.18 Å². The molecule has 0 spiro atoms. The Morgan fingerprint density at radius 3 is 2.57 bits per heavy atom. The third-order valence-electron chi connectivity index (χ3n) is 1.57. The molecule has 2 N–H and O–H groups in total. The molecular formula is C9H11FN2O2. The van der Waals surface area contributed by atoms with E-state index >= 15 is 0 Å². The Morgan fingerprint density at radius 2 is 2.07 bits per heavy atom. The Balaban J connectivity index is 2.46. The minimum Gasteiger partial charge on any atom is -0.484 e. The summed E-state index contributed by atoms with van der Waals surface area (Å²) in [6.07, 6.45) is 0. The summed E-state index contributed by atoms with van der Waals surface area (Å²) in [5, 5.41) is 0.934. The number of nitrogens with zero attached hydrogens (tertiary/aromatic N) is 1. The van der Waals surface area contributed by atoms with E-state index in [-0.39, 0.29) is 18.3 Å². The summed E-state index contributed by atoms with van der Waals surface area (Å²) in [4.78, 5) is 11.0. The summed E-state index contributed by atoms with van der Waals surface area (Å²) in [6, 6.07) is 5.40. The molecule has 0 unspecified atom stereocenters. The van der Waals surface area contributed by atoms with Gasteiger partial charge < -0.3 is 4.74 Å². The first kappa shape index (κ1) is 10.5. The van der Waals surface area contributed by atoms with Gasteiger partial charge in [-0.2, -0.15) is 0 Å². The van der Waals surface area contributed by atoms with Gasteiger partial charge in [-0.05, 0) is 24.3 Å². The second-order valence-electron chi connectivity index (χ2n) is 2.75. The van der Waals surface area contributed by atoms with Crippen LogP contribution in [-0.4, -0.2) is 24.6 Å². The highest BCUT2D eigenvalue weighted by atomic mass is 19.1. The zero-order valence-corrected chi connectivity index (χ0v) is 7.74. The van der Waals surface area contributed by atoms with E-state index in [1.807, 2.05) is 0 Å². The maximum atomic E-state index is 12.5. The number of benzene rings is 1. The number of amides is 1. The predicted molar refractivity (Wildman–Crippen MR) is 48.9 cm³/mol. The van der Waals surface area contributed by atoms with Crippen molar-refractivity contribution < 1.29 is 13.9 Å². The number of carbonyl (C=O) groups excluding carboxylic acids is 1. The highest BCUT2D eigenvalue weighted by Crippen LogP contribution is 2.10. The Hall–Kier alpha value is -1.62. The molecule has 0 saturated heterocycles. The number of hydrazine groups is 1. The van der Waals surface area contributed by atoms with E-state index < -0.39 is 0 Å². The number of hydrogen-bond donors (Lipinski definition) is 1. The van der Waals surface area contributed by atoms with Crippen LogP contribution in [0.4, 0.5) is 4.39 Å². The van der Waals surface area contributed by atoms with E-state index in [1.165, 1.54) is 31.3 Å². The van der Waals surface area contributed by atoms with Crippen LogP contribution in [0.15, 0.2) is 24.3 Å². The molecule has 5 heteroatoms. The molecule has 0 aromatic heterocycles. The van der Waals surface area contributed by atoms with Crippen molar-refractivity contribution in [2.45, 2.75) is 0 Å². The Labute approximate surface area is 81.0 Å². The molecule has 0 fully saturated rings. The van der Waals surface area contributed by atoms with Crippen molar-refractivity contribution in [3.63, 3.8) is 0 Å². The molecular weight excluding hydrogens is 187 g/mol. The summed E-state index contributed by atoms with van der Waals surface area (Å²) >= 11 is 0. The standard InChI is InChI=1S/C9H11FN2O2/c1-12(11)9(13)6-14-8-4-2-7(10)3-5-8/h2-5H,6,11H2,1H3. The van der Waals surface area contributed by atoms with Gasteiger partial charge in [0, 0.05) is 7.05 Å². The van der Waals surface area contributed by atoms with Crippen LogP contribution in [0.3, 0.4) is 0 Å². The molecule has 76 valence electrons. The van der Waals surface area contributed by atoms with Gasteiger partial charge in [-0.15, -0.1) is 0 Å². The quantitative estimate of drug-likeness (QED) is 0.438. The van der Waals surface area contributed by atoms with Crippen LogP contribution in [0.5, 0.6) is 5.75 Å². The molecule has 0 bridgehead atoms. The van der Waals surface area contributed by atoms with Crippen molar-refractivity contribution in [2.75, 3.05) is 13.7 Å². The van der Waals surface area contributed by atoms with Crippen LogP contribution in [0.25, 0.3) is 0 Å². The van der Waals surface area contributed by atoms with Crippen molar-refractivity contribution >= 4 is 5.91 Å². The second kappa shape index (κ2) is 4.57. The first-order chi connectivity index (χ1) is 6.59. The van der Waals surface area contributed by atoms with Gasteiger partial charge in [-0.3, -0.25) is 9.80 Å². The second-order valence-corrected chi connectivity index (χ2v) is 2.75. The van der Waals surface area contributed by atoms with Crippen molar-refractivity contribution in [1.29, 1.82) is 0 Å². The average molecular weight is 198 g/mol. The molecule has 1 amide bonds. The van der Waals surface area contributed by atoms with Gasteiger partial charge in [0.2, 0.25) is 0 Å². The summed E-state index contributed by atoms with van der Waals surface area (Å²) in [7, 11) is 1.43. The fraction of sp³-hybridized carbons (Fsp3) is 0.222. The fourth-order valence-corrected chi connectivity index (χ4v) is 0.778. The first-order valence-corrected chi connectivity index (χ1v) is 3.99. The summed E-state index contributed by atoms with van der Waals surface area (Å²) < 4.78 is 17.5. The van der Waals surface area contributed by atoms with E-state index in [1.54, 1.807) is 0 Å². The highest BCUT2D eigenvalue weighted by molar-refractivity contribution is 5.76. The molecule has 0 aliphatic rings. The number of halogens is 1. The lowest BCUT2D eigenvalue weighted by molar-refractivity contribution is -0.132. The number of nitrogens with two attached hydrogens (primary N) is 1. The minimum absolute atomic E-state index is 0.154. The molecule has 0 saturated carbocycles. The fourth-order valence-electron chi connectivity index (χ4n) is 0.778. The van der Waals surface area contributed by atoms with Gasteiger partial charge in [0.15, 0.2) is 6.61 Å². The minimum atomic E-state index is -0.352. The molecule has 0 aliphatic carbocycles. The van der Waals surface area contributed by atoms with E-state index in [0.717, 1.165) is 5.01 Å². The van der Waals surface area contributed by atoms with Gasteiger partial charge in [0.1, 0.15) is 11.6 Å². The first-order valence-electron chi connectivity index (χ1n) is 3.99. The Kier molecular flexibility index (Phi) is 3.41. The summed E-state index contributed by atoms with van der Waals surface area (Å²) in [6.45, 7) is -0.154. The zero-order valence-electron chi connectivity index (χ0n) is 7.74. The Bertz CT molecular complexity index is 311. The smallest absolute Gasteiger partial charge is 0.274 e. The lowest BCUT2D eigenvalue weighted by atomic mass is 10.3. The molecule has 0 radical (unpaired) electrons. The molecule has 1 rings (SSSR count). The van der Waals surface area contributed by atoms with Crippen LogP contribution in [0, 0.1) is 5.82 Å². The monoisotopic (exact) mass is 198 g/mol. The maximum absolute atomic E-state index is 12.5. The summed E-state index contributed by atoms with van der Waals surface area (Å²) in [5.41, 5.74) is 0. The van der Waals surface area contributed by atoms with Gasteiger partial charge in [0.05, 0.1) is 0 Å². The maximum Gasteiger partial charge on any atom is 0.274 e. The molecule has 0 aliphatic heterocycles. The molecule has 4 nitrogen and oxygen atoms in total. The third kappa shape index (κ3) is 3.02. The molecule has 14 heavy (non-hydrogen) atoms. The van der Waals surface area contributed by atoms with Crippen LogP contribution in [0.2, 0.25) is 0 Å². The third-order valence-corrected chi connectivity index (χ3v) is 1.57. The van der Waals surface area contributed by atoms with Crippen LogP contribution < -0.4 is 10.6 Å².